The number of rotatable bonds is 7. The molecule has 2 fully saturated rings. The highest BCUT2D eigenvalue weighted by Crippen LogP contribution is 2.49. The number of hydrogen-bond donors (Lipinski definition) is 3. The maximum atomic E-state index is 12.5. The number of carbonyl (C=O) groups is 3. The summed E-state index contributed by atoms with van der Waals surface area (Å²) in [4.78, 5) is 36.0. The maximum Gasteiger partial charge on any atom is 0.407 e. The van der Waals surface area contributed by atoms with Gasteiger partial charge in [0.2, 0.25) is 5.91 Å². The van der Waals surface area contributed by atoms with E-state index in [2.05, 4.69) is 34.9 Å². The highest BCUT2D eigenvalue weighted by molar-refractivity contribution is 5.93. The molecule has 0 heterocycles. The number of carbonyl (C=O) groups excluding carboxylic acids is 2. The van der Waals surface area contributed by atoms with E-state index in [-0.39, 0.29) is 42.9 Å². The molecule has 7 heteroatoms. The lowest BCUT2D eigenvalue weighted by Crippen LogP contribution is -2.50. The summed E-state index contributed by atoms with van der Waals surface area (Å²) in [5, 5.41) is 14.9. The Hall–Kier alpha value is -3.61. The van der Waals surface area contributed by atoms with Gasteiger partial charge in [0.1, 0.15) is 6.61 Å². The number of amides is 2. The van der Waals surface area contributed by atoms with Gasteiger partial charge < -0.3 is 20.5 Å². The van der Waals surface area contributed by atoms with Crippen LogP contribution in [-0.4, -0.2) is 42.3 Å². The number of carboxylic acids is 1. The average molecular weight is 475 g/mol. The van der Waals surface area contributed by atoms with E-state index in [1.807, 2.05) is 24.3 Å². The van der Waals surface area contributed by atoms with Crippen LogP contribution in [0, 0.1) is 17.8 Å². The van der Waals surface area contributed by atoms with Crippen molar-refractivity contribution in [1.82, 2.24) is 10.6 Å². The number of hydrogen-bond acceptors (Lipinski definition) is 4. The molecule has 7 nitrogen and oxygen atoms in total. The maximum absolute atomic E-state index is 12.5. The van der Waals surface area contributed by atoms with Crippen molar-refractivity contribution in [3.63, 3.8) is 0 Å². The Balaban J connectivity index is 1.08. The molecule has 0 aromatic heterocycles. The lowest BCUT2D eigenvalue weighted by atomic mass is 9.71. The molecule has 0 saturated heterocycles. The highest BCUT2D eigenvalue weighted by atomic mass is 16.5. The molecule has 182 valence electrons. The molecular formula is C28H30N2O5. The number of alkyl carbamates (subject to hydrolysis) is 1. The molecule has 0 radical (unpaired) electrons. The SMILES string of the molecule is C/C(=C\CNC(=O)OCC1c2ccccc2-c2ccccc21)C(=O)N[C@H]1C[C@H]2CC(C(=O)O)C[C@H]21. The average Bonchev–Trinajstić information content (AvgIpc) is 3.36. The largest absolute Gasteiger partial charge is 0.481 e. The van der Waals surface area contributed by atoms with E-state index in [0.717, 1.165) is 17.5 Å². The second kappa shape index (κ2) is 9.56. The minimum atomic E-state index is -0.736. The molecule has 3 aliphatic carbocycles. The third-order valence-corrected chi connectivity index (χ3v) is 7.85. The van der Waals surface area contributed by atoms with Crippen molar-refractivity contribution in [3.8, 4) is 11.1 Å². The molecular weight excluding hydrogens is 444 g/mol. The fourth-order valence-corrected chi connectivity index (χ4v) is 5.91. The number of nitrogens with one attached hydrogen (secondary N) is 2. The van der Waals surface area contributed by atoms with Crippen molar-refractivity contribution in [1.29, 1.82) is 0 Å². The fourth-order valence-electron chi connectivity index (χ4n) is 5.91. The Morgan fingerprint density at radius 3 is 2.31 bits per heavy atom. The van der Waals surface area contributed by atoms with E-state index in [0.29, 0.717) is 24.3 Å². The van der Waals surface area contributed by atoms with E-state index in [9.17, 15) is 19.5 Å². The smallest absolute Gasteiger partial charge is 0.407 e. The Kier molecular flexibility index (Phi) is 6.32. The third-order valence-electron chi connectivity index (χ3n) is 7.85. The van der Waals surface area contributed by atoms with Gasteiger partial charge in [-0.3, -0.25) is 9.59 Å². The van der Waals surface area contributed by atoms with Crippen LogP contribution in [0.25, 0.3) is 11.1 Å². The van der Waals surface area contributed by atoms with Crippen LogP contribution >= 0.6 is 0 Å². The summed E-state index contributed by atoms with van der Waals surface area (Å²) in [7, 11) is 0. The van der Waals surface area contributed by atoms with E-state index in [1.54, 1.807) is 13.0 Å². The van der Waals surface area contributed by atoms with Gasteiger partial charge in [-0.15, -0.1) is 0 Å². The summed E-state index contributed by atoms with van der Waals surface area (Å²) in [6.45, 7) is 2.14. The van der Waals surface area contributed by atoms with Gasteiger partial charge >= 0.3 is 12.1 Å². The Morgan fingerprint density at radius 2 is 1.66 bits per heavy atom. The molecule has 0 bridgehead atoms. The monoisotopic (exact) mass is 474 g/mol. The van der Waals surface area contributed by atoms with Crippen molar-refractivity contribution in [2.45, 2.75) is 38.1 Å². The first-order chi connectivity index (χ1) is 16.9. The second-order valence-corrected chi connectivity index (χ2v) is 9.84. The van der Waals surface area contributed by atoms with Crippen LogP contribution in [0.2, 0.25) is 0 Å². The summed E-state index contributed by atoms with van der Waals surface area (Å²) >= 11 is 0. The first kappa shape index (κ1) is 23.1. The molecule has 2 saturated carbocycles. The first-order valence-electron chi connectivity index (χ1n) is 12.2. The van der Waals surface area contributed by atoms with Crippen LogP contribution in [0.4, 0.5) is 4.79 Å². The molecule has 2 aromatic rings. The van der Waals surface area contributed by atoms with Gasteiger partial charge in [-0.1, -0.05) is 54.6 Å². The molecule has 0 spiro atoms. The summed E-state index contributed by atoms with van der Waals surface area (Å²) < 4.78 is 5.52. The van der Waals surface area contributed by atoms with Crippen LogP contribution in [0.1, 0.15) is 43.2 Å². The molecule has 0 aliphatic heterocycles. The molecule has 3 N–H and O–H groups in total. The summed E-state index contributed by atoms with van der Waals surface area (Å²) in [5.41, 5.74) is 5.18. The number of fused-ring (bicyclic) bond motifs is 4. The molecule has 5 rings (SSSR count). The number of carboxylic acid groups (broad SMARTS) is 1. The number of aliphatic carboxylic acids is 1. The minimum absolute atomic E-state index is 0.00109. The van der Waals surface area contributed by atoms with Crippen molar-refractivity contribution >= 4 is 18.0 Å². The zero-order valence-corrected chi connectivity index (χ0v) is 19.7. The first-order valence-corrected chi connectivity index (χ1v) is 12.2. The van der Waals surface area contributed by atoms with E-state index in [1.165, 1.54) is 11.1 Å². The summed E-state index contributed by atoms with van der Waals surface area (Å²) in [5.74, 6) is -0.544. The van der Waals surface area contributed by atoms with E-state index < -0.39 is 12.1 Å². The summed E-state index contributed by atoms with van der Waals surface area (Å²) in [6.07, 6.45) is 3.33. The predicted molar refractivity (Wildman–Crippen MR) is 131 cm³/mol. The lowest BCUT2D eigenvalue weighted by molar-refractivity contribution is -0.141. The number of benzene rings is 2. The van der Waals surface area contributed by atoms with Gasteiger partial charge in [0, 0.05) is 24.1 Å². The third kappa shape index (κ3) is 4.55. The predicted octanol–water partition coefficient (Wildman–Crippen LogP) is 4.09. The van der Waals surface area contributed by atoms with Crippen LogP contribution in [0.3, 0.4) is 0 Å². The lowest BCUT2D eigenvalue weighted by Gasteiger charge is -2.40. The Morgan fingerprint density at radius 1 is 1.00 bits per heavy atom. The van der Waals surface area contributed by atoms with Crippen molar-refractivity contribution in [3.05, 3.63) is 71.3 Å². The molecule has 1 unspecified atom stereocenters. The van der Waals surface area contributed by atoms with Gasteiger partial charge in [-0.25, -0.2) is 4.79 Å². The highest BCUT2D eigenvalue weighted by Gasteiger charge is 2.49. The normalized spacial score (nSPS) is 24.5. The van der Waals surface area contributed by atoms with Crippen LogP contribution in [0.5, 0.6) is 0 Å². The fraction of sp³-hybridized carbons (Fsp3) is 0.393. The Labute approximate surface area is 204 Å². The van der Waals surface area contributed by atoms with Crippen LogP contribution in [0.15, 0.2) is 60.2 Å². The van der Waals surface area contributed by atoms with Gasteiger partial charge in [-0.05, 0) is 60.3 Å². The van der Waals surface area contributed by atoms with Crippen molar-refractivity contribution < 1.29 is 24.2 Å². The van der Waals surface area contributed by atoms with Crippen LogP contribution < -0.4 is 10.6 Å². The topological polar surface area (TPSA) is 105 Å². The van der Waals surface area contributed by atoms with Gasteiger partial charge in [0.15, 0.2) is 0 Å². The van der Waals surface area contributed by atoms with Gasteiger partial charge in [-0.2, -0.15) is 0 Å². The second-order valence-electron chi connectivity index (χ2n) is 9.84. The molecule has 35 heavy (non-hydrogen) atoms. The van der Waals surface area contributed by atoms with Crippen LogP contribution in [-0.2, 0) is 14.3 Å². The molecule has 2 amide bonds. The zero-order chi connectivity index (χ0) is 24.5. The van der Waals surface area contributed by atoms with E-state index in [4.69, 9.17) is 4.74 Å². The molecule has 4 atom stereocenters. The Bertz CT molecular complexity index is 1140. The standard InChI is InChI=1S/C28H30N2O5/c1-16(26(31)30-25-14-17-12-18(27(32)33)13-23(17)25)10-11-29-28(34)35-15-24-21-8-4-2-6-19(21)20-7-3-5-9-22(20)24/h2-10,17-18,23-25H,11-15H2,1H3,(H,29,34)(H,30,31)(H,32,33)/b16-10+/t17-,18?,23-,25+/m1/s1. The zero-order valence-electron chi connectivity index (χ0n) is 19.7. The van der Waals surface area contributed by atoms with E-state index >= 15 is 0 Å². The van der Waals surface area contributed by atoms with Crippen molar-refractivity contribution in [2.75, 3.05) is 13.2 Å². The summed E-state index contributed by atoms with van der Waals surface area (Å²) in [6, 6.07) is 16.4. The van der Waals surface area contributed by atoms with Gasteiger partial charge in [0.25, 0.3) is 0 Å². The molecule has 3 aliphatic rings. The minimum Gasteiger partial charge on any atom is -0.481 e. The molecule has 2 aromatic carbocycles. The number of ether oxygens (including phenoxy) is 1. The quantitative estimate of drug-likeness (QED) is 0.525. The van der Waals surface area contributed by atoms with Gasteiger partial charge in [0.05, 0.1) is 5.92 Å². The van der Waals surface area contributed by atoms with Crippen molar-refractivity contribution in [2.24, 2.45) is 17.8 Å².